The van der Waals surface area contributed by atoms with Crippen molar-refractivity contribution < 1.29 is 32.3 Å². The number of carboxylic acids is 1. The third-order valence-corrected chi connectivity index (χ3v) is 6.26. The molecular weight excluding hydrogens is 481 g/mol. The molecule has 13 heteroatoms. The molecule has 0 aromatic carbocycles. The van der Waals surface area contributed by atoms with Crippen molar-refractivity contribution in [1.29, 1.82) is 0 Å². The van der Waals surface area contributed by atoms with E-state index >= 15 is 0 Å². The largest absolute Gasteiger partial charge is 0.490 e. The molecular formula is C23H25F3N6O4. The van der Waals surface area contributed by atoms with Crippen molar-refractivity contribution in [2.75, 3.05) is 27.2 Å². The predicted octanol–water partition coefficient (Wildman–Crippen LogP) is 2.96. The number of carboxylic acid groups (broad SMARTS) is 1. The van der Waals surface area contributed by atoms with Crippen molar-refractivity contribution in [3.8, 4) is 22.8 Å². The van der Waals surface area contributed by atoms with E-state index in [1.54, 1.807) is 18.9 Å². The molecule has 3 aromatic heterocycles. The monoisotopic (exact) mass is 506 g/mol. The number of nitrogens with zero attached hydrogens (tertiary/aromatic N) is 6. The maximum Gasteiger partial charge on any atom is 0.490 e. The van der Waals surface area contributed by atoms with Gasteiger partial charge in [0, 0.05) is 37.4 Å². The fourth-order valence-electron chi connectivity index (χ4n) is 4.26. The van der Waals surface area contributed by atoms with E-state index in [1.807, 2.05) is 21.7 Å². The molecule has 0 radical (unpaired) electrons. The summed E-state index contributed by atoms with van der Waals surface area (Å²) < 4.78 is 38.9. The molecule has 0 unspecified atom stereocenters. The number of likely N-dealkylation sites (tertiary alicyclic amines) is 1. The molecule has 10 nitrogen and oxygen atoms in total. The van der Waals surface area contributed by atoms with E-state index in [0.717, 1.165) is 61.4 Å². The molecule has 1 amide bonds. The average molecular weight is 506 g/mol. The third kappa shape index (κ3) is 5.25. The van der Waals surface area contributed by atoms with Gasteiger partial charge in [0.15, 0.2) is 11.5 Å². The van der Waals surface area contributed by atoms with Crippen molar-refractivity contribution >= 4 is 11.9 Å². The molecule has 5 rings (SSSR count). The summed E-state index contributed by atoms with van der Waals surface area (Å²) in [6.45, 7) is 2.29. The van der Waals surface area contributed by atoms with Crippen LogP contribution in [0.5, 0.6) is 0 Å². The summed E-state index contributed by atoms with van der Waals surface area (Å²) in [4.78, 5) is 40.1. The highest BCUT2D eigenvalue weighted by Crippen LogP contribution is 2.32. The molecule has 192 valence electrons. The van der Waals surface area contributed by atoms with Gasteiger partial charge in [-0.15, -0.1) is 0 Å². The van der Waals surface area contributed by atoms with Gasteiger partial charge < -0.3 is 23.9 Å². The van der Waals surface area contributed by atoms with E-state index in [1.165, 1.54) is 0 Å². The first-order chi connectivity index (χ1) is 17.1. The number of aryl methyl sites for hydroxylation is 2. The predicted molar refractivity (Wildman–Crippen MR) is 121 cm³/mol. The summed E-state index contributed by atoms with van der Waals surface area (Å²) in [6, 6.07) is 2.36. The van der Waals surface area contributed by atoms with E-state index in [4.69, 9.17) is 19.3 Å². The number of furan rings is 1. The molecule has 5 heterocycles. The number of fused-ring (bicyclic) bond motifs is 3. The number of imidazole rings is 1. The Hall–Kier alpha value is -3.74. The Kier molecular flexibility index (Phi) is 7.11. The van der Waals surface area contributed by atoms with Gasteiger partial charge in [-0.2, -0.15) is 13.2 Å². The lowest BCUT2D eigenvalue weighted by atomic mass is 10.0. The van der Waals surface area contributed by atoms with Crippen molar-refractivity contribution in [1.82, 2.24) is 29.3 Å². The topological polar surface area (TPSA) is 118 Å². The van der Waals surface area contributed by atoms with Crippen LogP contribution in [0.15, 0.2) is 35.5 Å². The second-order valence-corrected chi connectivity index (χ2v) is 8.75. The fourth-order valence-corrected chi connectivity index (χ4v) is 4.26. The first kappa shape index (κ1) is 25.4. The van der Waals surface area contributed by atoms with Gasteiger partial charge in [-0.3, -0.25) is 4.79 Å². The first-order valence-corrected chi connectivity index (χ1v) is 11.3. The minimum absolute atomic E-state index is 0.00715. The van der Waals surface area contributed by atoms with Gasteiger partial charge in [-0.05, 0) is 39.4 Å². The van der Waals surface area contributed by atoms with Crippen LogP contribution in [0.1, 0.15) is 28.9 Å². The Morgan fingerprint density at radius 3 is 2.44 bits per heavy atom. The highest BCUT2D eigenvalue weighted by molar-refractivity contribution is 5.98. The maximum atomic E-state index is 13.3. The number of alkyl halides is 3. The SMILES string of the molecule is CN(C)C1CCN(C(=O)c2ncn3c2-c2nc(-c4ccoc4)ncc2CC3)CC1.O=C(O)C(F)(F)F. The van der Waals surface area contributed by atoms with Crippen molar-refractivity contribution in [3.63, 3.8) is 0 Å². The molecule has 1 N–H and O–H groups in total. The van der Waals surface area contributed by atoms with E-state index in [9.17, 15) is 18.0 Å². The lowest BCUT2D eigenvalue weighted by molar-refractivity contribution is -0.192. The summed E-state index contributed by atoms with van der Waals surface area (Å²) in [5.74, 6) is -2.17. The van der Waals surface area contributed by atoms with Crippen LogP contribution in [0.25, 0.3) is 22.8 Å². The number of hydrogen-bond donors (Lipinski definition) is 1. The van der Waals surface area contributed by atoms with Crippen LogP contribution >= 0.6 is 0 Å². The van der Waals surface area contributed by atoms with E-state index in [0.29, 0.717) is 17.6 Å². The Bertz CT molecular complexity index is 1230. The number of aliphatic carboxylic acids is 1. The molecule has 0 spiro atoms. The molecule has 0 atom stereocenters. The molecule has 1 saturated heterocycles. The van der Waals surface area contributed by atoms with Crippen molar-refractivity contribution in [3.05, 3.63) is 42.4 Å². The second-order valence-electron chi connectivity index (χ2n) is 8.75. The molecule has 0 bridgehead atoms. The Balaban J connectivity index is 0.000000384. The lowest BCUT2D eigenvalue weighted by Gasteiger charge is -2.35. The minimum atomic E-state index is -5.08. The van der Waals surface area contributed by atoms with Crippen LogP contribution < -0.4 is 0 Å². The van der Waals surface area contributed by atoms with E-state index < -0.39 is 12.1 Å². The second kappa shape index (κ2) is 10.1. The Labute approximate surface area is 204 Å². The van der Waals surface area contributed by atoms with Gasteiger partial charge in [0.2, 0.25) is 0 Å². The van der Waals surface area contributed by atoms with Crippen LogP contribution in [0.4, 0.5) is 13.2 Å². The maximum absolute atomic E-state index is 13.3. The number of halogens is 3. The number of hydrogen-bond acceptors (Lipinski definition) is 7. The summed E-state index contributed by atoms with van der Waals surface area (Å²) in [5.41, 5.74) is 3.96. The molecule has 2 aliphatic heterocycles. The number of carbonyl (C=O) groups is 2. The zero-order chi connectivity index (χ0) is 26.0. The Morgan fingerprint density at radius 2 is 1.86 bits per heavy atom. The summed E-state index contributed by atoms with van der Waals surface area (Å²) >= 11 is 0. The van der Waals surface area contributed by atoms with Gasteiger partial charge in [0.25, 0.3) is 5.91 Å². The molecule has 3 aromatic rings. The third-order valence-electron chi connectivity index (χ3n) is 6.26. The van der Waals surface area contributed by atoms with Crippen LogP contribution in [0, 0.1) is 0 Å². The molecule has 2 aliphatic rings. The summed E-state index contributed by atoms with van der Waals surface area (Å²) in [7, 11) is 4.20. The minimum Gasteiger partial charge on any atom is -0.475 e. The number of rotatable bonds is 3. The van der Waals surface area contributed by atoms with Crippen LogP contribution in [0.3, 0.4) is 0 Å². The number of amides is 1. The van der Waals surface area contributed by atoms with Gasteiger partial charge in [-0.25, -0.2) is 19.7 Å². The van der Waals surface area contributed by atoms with Gasteiger partial charge in [0.1, 0.15) is 12.0 Å². The highest BCUT2D eigenvalue weighted by Gasteiger charge is 2.38. The van der Waals surface area contributed by atoms with Crippen LogP contribution in [0.2, 0.25) is 0 Å². The molecule has 0 aliphatic carbocycles. The van der Waals surface area contributed by atoms with E-state index in [-0.39, 0.29) is 5.91 Å². The number of piperidine rings is 1. The smallest absolute Gasteiger partial charge is 0.475 e. The lowest BCUT2D eigenvalue weighted by Crippen LogP contribution is -2.44. The van der Waals surface area contributed by atoms with Crippen molar-refractivity contribution in [2.45, 2.75) is 38.0 Å². The van der Waals surface area contributed by atoms with E-state index in [2.05, 4.69) is 29.0 Å². The highest BCUT2D eigenvalue weighted by atomic mass is 19.4. The van der Waals surface area contributed by atoms with Crippen LogP contribution in [-0.2, 0) is 17.8 Å². The molecule has 1 fully saturated rings. The average Bonchev–Trinajstić information content (AvgIpc) is 3.53. The summed E-state index contributed by atoms with van der Waals surface area (Å²) in [5, 5.41) is 7.12. The molecule has 36 heavy (non-hydrogen) atoms. The first-order valence-electron chi connectivity index (χ1n) is 11.3. The molecule has 0 saturated carbocycles. The quantitative estimate of drug-likeness (QED) is 0.576. The number of carbonyl (C=O) groups excluding carboxylic acids is 1. The van der Waals surface area contributed by atoms with Gasteiger partial charge >= 0.3 is 12.1 Å². The van der Waals surface area contributed by atoms with Crippen LogP contribution in [-0.4, -0.2) is 85.7 Å². The fraction of sp³-hybridized carbons (Fsp3) is 0.435. The van der Waals surface area contributed by atoms with Gasteiger partial charge in [-0.1, -0.05) is 0 Å². The standard InChI is InChI=1S/C21H24N6O2.C2HF3O2/c1-25(2)16-4-8-26(9-5-16)21(28)18-19-17-14(3-7-27(19)13-23-18)11-22-20(24-17)15-6-10-29-12-15;3-2(4,5)1(6)7/h6,10-13,16H,3-5,7-9H2,1-2H3;(H,6,7). The number of aromatic nitrogens is 4. The Morgan fingerprint density at radius 1 is 1.17 bits per heavy atom. The zero-order valence-electron chi connectivity index (χ0n) is 19.7. The van der Waals surface area contributed by atoms with Crippen molar-refractivity contribution in [2.24, 2.45) is 0 Å². The zero-order valence-corrected chi connectivity index (χ0v) is 19.7. The van der Waals surface area contributed by atoms with Gasteiger partial charge in [0.05, 0.1) is 23.8 Å². The normalized spacial score (nSPS) is 15.7. The summed E-state index contributed by atoms with van der Waals surface area (Å²) in [6.07, 6.45) is 4.57.